The summed E-state index contributed by atoms with van der Waals surface area (Å²) in [5.41, 5.74) is 0.504. The van der Waals surface area contributed by atoms with Gasteiger partial charge in [0.15, 0.2) is 0 Å². The minimum atomic E-state index is -3.63. The topological polar surface area (TPSA) is 37.4 Å². The minimum absolute atomic E-state index is 0.181. The van der Waals surface area contributed by atoms with Gasteiger partial charge >= 0.3 is 0 Å². The highest BCUT2D eigenvalue weighted by atomic mass is 32.2. The van der Waals surface area contributed by atoms with Crippen LogP contribution < -0.4 is 0 Å². The van der Waals surface area contributed by atoms with E-state index in [-0.39, 0.29) is 18.0 Å². The third-order valence-electron chi connectivity index (χ3n) is 3.12. The lowest BCUT2D eigenvalue weighted by Gasteiger charge is -2.33. The molecule has 1 heterocycles. The lowest BCUT2D eigenvalue weighted by atomic mass is 9.90. The van der Waals surface area contributed by atoms with Gasteiger partial charge < -0.3 is 0 Å². The summed E-state index contributed by atoms with van der Waals surface area (Å²) in [4.78, 5) is 0.212. The summed E-state index contributed by atoms with van der Waals surface area (Å²) in [6, 6.07) is 6.62. The van der Waals surface area contributed by atoms with Crippen LogP contribution in [0.5, 0.6) is 0 Å². The molecule has 0 radical (unpaired) electrons. The van der Waals surface area contributed by atoms with Crippen LogP contribution in [-0.4, -0.2) is 25.8 Å². The number of aryl methyl sites for hydroxylation is 1. The maximum absolute atomic E-state index is 13.6. The van der Waals surface area contributed by atoms with Crippen LogP contribution in [0.15, 0.2) is 41.1 Å². The summed E-state index contributed by atoms with van der Waals surface area (Å²) in [6.07, 6.45) is 1.49. The standard InChI is InChI=1S/C14H18FNO2S/c1-11-4-6-13(7-5-11)19(17,18)16-9-12(15)8-14(2,3)10-16/h4-8H,9-10H2,1-3H3. The Morgan fingerprint density at radius 1 is 1.21 bits per heavy atom. The molecule has 1 aromatic rings. The molecule has 0 aliphatic carbocycles. The van der Waals surface area contributed by atoms with Crippen LogP contribution in [0, 0.1) is 12.3 Å². The van der Waals surface area contributed by atoms with Gasteiger partial charge in [-0.05, 0) is 30.5 Å². The van der Waals surface area contributed by atoms with Gasteiger partial charge in [-0.15, -0.1) is 0 Å². The van der Waals surface area contributed by atoms with E-state index in [1.54, 1.807) is 24.3 Å². The summed E-state index contributed by atoms with van der Waals surface area (Å²) < 4.78 is 39.7. The quantitative estimate of drug-likeness (QED) is 0.837. The van der Waals surface area contributed by atoms with E-state index in [1.807, 2.05) is 20.8 Å². The second-order valence-electron chi connectivity index (χ2n) is 5.67. The van der Waals surface area contributed by atoms with Crippen molar-refractivity contribution >= 4 is 10.0 Å². The predicted octanol–water partition coefficient (Wildman–Crippen LogP) is 2.88. The number of sulfonamides is 1. The molecular weight excluding hydrogens is 265 g/mol. The van der Waals surface area contributed by atoms with Crippen molar-refractivity contribution in [2.75, 3.05) is 13.1 Å². The van der Waals surface area contributed by atoms with Crippen molar-refractivity contribution in [1.29, 1.82) is 0 Å². The van der Waals surface area contributed by atoms with Gasteiger partial charge in [-0.25, -0.2) is 12.8 Å². The zero-order chi connectivity index (χ0) is 14.3. The van der Waals surface area contributed by atoms with Crippen molar-refractivity contribution in [3.05, 3.63) is 41.7 Å². The highest BCUT2D eigenvalue weighted by molar-refractivity contribution is 7.89. The Labute approximate surface area is 113 Å². The number of hydrogen-bond donors (Lipinski definition) is 0. The van der Waals surface area contributed by atoms with Gasteiger partial charge in [0.2, 0.25) is 10.0 Å². The van der Waals surface area contributed by atoms with E-state index < -0.39 is 21.3 Å². The van der Waals surface area contributed by atoms with Gasteiger partial charge in [0, 0.05) is 6.54 Å². The molecule has 0 unspecified atom stereocenters. The number of rotatable bonds is 2. The Balaban J connectivity index is 2.36. The Morgan fingerprint density at radius 2 is 1.79 bits per heavy atom. The highest BCUT2D eigenvalue weighted by Gasteiger charge is 2.34. The molecule has 2 rings (SSSR count). The first-order chi connectivity index (χ1) is 8.71. The maximum Gasteiger partial charge on any atom is 0.243 e. The van der Waals surface area contributed by atoms with Gasteiger partial charge in [0.05, 0.1) is 11.4 Å². The fraction of sp³-hybridized carbons (Fsp3) is 0.429. The average molecular weight is 283 g/mol. The summed E-state index contributed by atoms with van der Waals surface area (Å²) >= 11 is 0. The largest absolute Gasteiger partial charge is 0.243 e. The van der Waals surface area contributed by atoms with Gasteiger partial charge in [-0.3, -0.25) is 0 Å². The third-order valence-corrected chi connectivity index (χ3v) is 4.92. The molecule has 5 heteroatoms. The second-order valence-corrected chi connectivity index (χ2v) is 7.60. The molecule has 0 aromatic heterocycles. The van der Waals surface area contributed by atoms with Crippen LogP contribution in [-0.2, 0) is 10.0 Å². The van der Waals surface area contributed by atoms with E-state index >= 15 is 0 Å². The molecule has 0 atom stereocenters. The average Bonchev–Trinajstić information content (AvgIpc) is 2.26. The monoisotopic (exact) mass is 283 g/mol. The predicted molar refractivity (Wildman–Crippen MR) is 72.9 cm³/mol. The van der Waals surface area contributed by atoms with Gasteiger partial charge in [0.1, 0.15) is 5.83 Å². The lowest BCUT2D eigenvalue weighted by molar-refractivity contribution is 0.279. The summed E-state index contributed by atoms with van der Waals surface area (Å²) in [5, 5.41) is 0. The van der Waals surface area contributed by atoms with Crippen LogP contribution in [0.3, 0.4) is 0 Å². The second kappa shape index (κ2) is 4.72. The Kier molecular flexibility index (Phi) is 3.53. The first kappa shape index (κ1) is 14.2. The molecule has 0 fully saturated rings. The summed E-state index contributed by atoms with van der Waals surface area (Å²) in [5.74, 6) is -0.396. The molecule has 0 spiro atoms. The van der Waals surface area contributed by atoms with E-state index in [0.29, 0.717) is 0 Å². The zero-order valence-corrected chi connectivity index (χ0v) is 12.2. The van der Waals surface area contributed by atoms with Crippen LogP contribution in [0.1, 0.15) is 19.4 Å². The molecule has 104 valence electrons. The van der Waals surface area contributed by atoms with Crippen LogP contribution in [0.2, 0.25) is 0 Å². The summed E-state index contributed by atoms with van der Waals surface area (Å²) in [7, 11) is -3.63. The van der Waals surface area contributed by atoms with E-state index in [9.17, 15) is 12.8 Å². The summed E-state index contributed by atoms with van der Waals surface area (Å²) in [6.45, 7) is 5.64. The SMILES string of the molecule is Cc1ccc(S(=O)(=O)N2CC(F)=CC(C)(C)C2)cc1. The molecule has 3 nitrogen and oxygen atoms in total. The lowest BCUT2D eigenvalue weighted by Crippen LogP contribution is -2.42. The van der Waals surface area contributed by atoms with E-state index in [4.69, 9.17) is 0 Å². The fourth-order valence-corrected chi connectivity index (χ4v) is 3.80. The van der Waals surface area contributed by atoms with Crippen LogP contribution in [0.25, 0.3) is 0 Å². The van der Waals surface area contributed by atoms with Gasteiger partial charge in [0.25, 0.3) is 0 Å². The zero-order valence-electron chi connectivity index (χ0n) is 11.4. The first-order valence-corrected chi connectivity index (χ1v) is 7.59. The minimum Gasteiger partial charge on any atom is -0.211 e. The normalized spacial score (nSPS) is 20.1. The van der Waals surface area contributed by atoms with Crippen molar-refractivity contribution in [1.82, 2.24) is 4.31 Å². The molecule has 0 N–H and O–H groups in total. The third kappa shape index (κ3) is 3.04. The van der Waals surface area contributed by atoms with E-state index in [2.05, 4.69) is 0 Å². The molecule has 0 amide bonds. The molecule has 0 saturated carbocycles. The molecule has 0 saturated heterocycles. The van der Waals surface area contributed by atoms with Crippen molar-refractivity contribution in [2.24, 2.45) is 5.41 Å². The maximum atomic E-state index is 13.6. The van der Waals surface area contributed by atoms with Crippen molar-refractivity contribution in [3.63, 3.8) is 0 Å². The van der Waals surface area contributed by atoms with Gasteiger partial charge in [-0.1, -0.05) is 31.5 Å². The van der Waals surface area contributed by atoms with Crippen LogP contribution >= 0.6 is 0 Å². The smallest absolute Gasteiger partial charge is 0.211 e. The Bertz CT molecular complexity index is 603. The number of nitrogens with zero attached hydrogens (tertiary/aromatic N) is 1. The highest BCUT2D eigenvalue weighted by Crippen LogP contribution is 2.30. The Morgan fingerprint density at radius 3 is 2.32 bits per heavy atom. The van der Waals surface area contributed by atoms with Crippen molar-refractivity contribution in [2.45, 2.75) is 25.7 Å². The fourth-order valence-electron chi connectivity index (χ4n) is 2.22. The number of halogens is 1. The molecular formula is C14H18FNO2S. The van der Waals surface area contributed by atoms with Crippen LogP contribution in [0.4, 0.5) is 4.39 Å². The Hall–Kier alpha value is -1.20. The number of hydrogen-bond acceptors (Lipinski definition) is 2. The molecule has 0 bridgehead atoms. The van der Waals surface area contributed by atoms with Crippen molar-refractivity contribution in [3.8, 4) is 0 Å². The van der Waals surface area contributed by atoms with E-state index in [0.717, 1.165) is 5.56 Å². The molecule has 1 aliphatic heterocycles. The molecule has 19 heavy (non-hydrogen) atoms. The molecule has 1 aliphatic rings. The first-order valence-electron chi connectivity index (χ1n) is 6.15. The molecule has 1 aromatic carbocycles. The number of benzene rings is 1. The van der Waals surface area contributed by atoms with Crippen molar-refractivity contribution < 1.29 is 12.8 Å². The van der Waals surface area contributed by atoms with Gasteiger partial charge in [-0.2, -0.15) is 4.31 Å². The van der Waals surface area contributed by atoms with E-state index in [1.165, 1.54) is 10.4 Å².